The minimum absolute atomic E-state index is 0.0653. The molecular weight excluding hydrogens is 840 g/mol. The predicted molar refractivity (Wildman–Crippen MR) is 253 cm³/mol. The van der Waals surface area contributed by atoms with Gasteiger partial charge in [-0.2, -0.15) is 0 Å². The maximum Gasteiger partial charge on any atom is 0.472 e. The number of aliphatic hydroxyl groups excluding tert-OH is 5. The van der Waals surface area contributed by atoms with E-state index >= 15 is 0 Å². The number of esters is 2. The summed E-state index contributed by atoms with van der Waals surface area (Å²) in [6.07, 6.45) is 36.8. The lowest BCUT2D eigenvalue weighted by atomic mass is 9.85. The van der Waals surface area contributed by atoms with Gasteiger partial charge in [0.05, 0.1) is 6.61 Å². The summed E-state index contributed by atoms with van der Waals surface area (Å²) in [5, 5.41) is 50.2. The number of hydrogen-bond acceptors (Lipinski definition) is 12. The fourth-order valence-corrected chi connectivity index (χ4v) is 7.80. The van der Waals surface area contributed by atoms with Gasteiger partial charge in [0.1, 0.15) is 43.2 Å². The Hall–Kier alpha value is -2.71. The van der Waals surface area contributed by atoms with Gasteiger partial charge in [0.2, 0.25) is 0 Å². The second kappa shape index (κ2) is 39.5. The molecule has 1 saturated carbocycles. The molecule has 0 heterocycles. The minimum Gasteiger partial charge on any atom is -0.462 e. The van der Waals surface area contributed by atoms with Crippen molar-refractivity contribution >= 4 is 19.8 Å². The molecular formula is C50H85O13P. The van der Waals surface area contributed by atoms with Crippen LogP contribution in [0.2, 0.25) is 0 Å². The number of carbonyl (C=O) groups excluding carboxylic acids is 2. The van der Waals surface area contributed by atoms with E-state index in [-0.39, 0.29) is 12.8 Å². The van der Waals surface area contributed by atoms with Crippen molar-refractivity contribution in [3.63, 3.8) is 0 Å². The van der Waals surface area contributed by atoms with Gasteiger partial charge in [-0.1, -0.05) is 157 Å². The van der Waals surface area contributed by atoms with Gasteiger partial charge in [-0.05, 0) is 77.0 Å². The lowest BCUT2D eigenvalue weighted by Crippen LogP contribution is -2.64. The van der Waals surface area contributed by atoms with E-state index in [9.17, 15) is 44.6 Å². The van der Waals surface area contributed by atoms with Gasteiger partial charge < -0.3 is 39.9 Å². The van der Waals surface area contributed by atoms with E-state index in [1.165, 1.54) is 57.8 Å². The van der Waals surface area contributed by atoms with E-state index in [2.05, 4.69) is 74.6 Å². The molecule has 14 heteroatoms. The summed E-state index contributed by atoms with van der Waals surface area (Å²) in [5.74, 6) is -1.19. The van der Waals surface area contributed by atoms with Crippen LogP contribution < -0.4 is 0 Å². The average Bonchev–Trinajstić information content (AvgIpc) is 3.28. The van der Waals surface area contributed by atoms with Crippen LogP contribution in [0.5, 0.6) is 0 Å². The smallest absolute Gasteiger partial charge is 0.462 e. The van der Waals surface area contributed by atoms with Gasteiger partial charge in [0, 0.05) is 12.8 Å². The van der Waals surface area contributed by atoms with Crippen molar-refractivity contribution in [2.45, 2.75) is 217 Å². The molecule has 0 aromatic heterocycles. The maximum atomic E-state index is 12.8. The topological polar surface area (TPSA) is 210 Å². The molecule has 1 rings (SSSR count). The molecule has 0 amide bonds. The number of allylic oxidation sites excluding steroid dienone is 12. The molecule has 0 aliphatic heterocycles. The zero-order valence-corrected chi connectivity index (χ0v) is 39.9. The average molecular weight is 925 g/mol. The fourth-order valence-electron chi connectivity index (χ4n) is 6.82. The van der Waals surface area contributed by atoms with Crippen LogP contribution in [0.4, 0.5) is 0 Å². The Labute approximate surface area is 385 Å². The van der Waals surface area contributed by atoms with Gasteiger partial charge in [0.25, 0.3) is 0 Å². The highest BCUT2D eigenvalue weighted by atomic mass is 31.2. The molecule has 1 fully saturated rings. The second-order valence-corrected chi connectivity index (χ2v) is 18.0. The highest BCUT2D eigenvalue weighted by molar-refractivity contribution is 7.47. The summed E-state index contributed by atoms with van der Waals surface area (Å²) < 4.78 is 33.5. The molecule has 0 radical (unpaired) electrons. The Balaban J connectivity index is 2.48. The molecule has 1 aliphatic rings. The molecule has 368 valence electrons. The third kappa shape index (κ3) is 31.2. The Morgan fingerprint density at radius 3 is 1.38 bits per heavy atom. The lowest BCUT2D eigenvalue weighted by Gasteiger charge is -2.41. The van der Waals surface area contributed by atoms with Crippen LogP contribution in [-0.4, -0.2) is 98.3 Å². The zero-order chi connectivity index (χ0) is 47.1. The van der Waals surface area contributed by atoms with Gasteiger partial charge in [-0.3, -0.25) is 18.6 Å². The van der Waals surface area contributed by atoms with Crippen molar-refractivity contribution in [1.29, 1.82) is 0 Å². The third-order valence-electron chi connectivity index (χ3n) is 10.8. The van der Waals surface area contributed by atoms with Crippen molar-refractivity contribution in [3.05, 3.63) is 72.9 Å². The number of rotatable bonds is 39. The van der Waals surface area contributed by atoms with E-state index in [0.717, 1.165) is 70.6 Å². The summed E-state index contributed by atoms with van der Waals surface area (Å²) in [6.45, 7) is 3.19. The van der Waals surface area contributed by atoms with E-state index < -0.39 is 75.7 Å². The molecule has 0 aromatic rings. The SMILES string of the molecule is CCCC/C=C/C/C=C/CCCCCCCC(=O)O[C@@H](COC(=O)CCC/C=C/C/C=C/C/C=C/C/C=C/CCCCCCCCC)COP(=O)(O)OC1C(O)C(O)C(O)[C@H](O)C1O. The lowest BCUT2D eigenvalue weighted by molar-refractivity contribution is -0.220. The first kappa shape index (κ1) is 59.3. The van der Waals surface area contributed by atoms with Crippen LogP contribution in [-0.2, 0) is 32.7 Å². The molecule has 0 saturated heterocycles. The summed E-state index contributed by atoms with van der Waals surface area (Å²) in [4.78, 5) is 35.7. The van der Waals surface area contributed by atoms with Crippen LogP contribution in [0.3, 0.4) is 0 Å². The van der Waals surface area contributed by atoms with Gasteiger partial charge >= 0.3 is 19.8 Å². The third-order valence-corrected chi connectivity index (χ3v) is 11.8. The second-order valence-electron chi connectivity index (χ2n) is 16.6. The van der Waals surface area contributed by atoms with Crippen molar-refractivity contribution in [2.75, 3.05) is 13.2 Å². The molecule has 6 unspecified atom stereocenters. The molecule has 64 heavy (non-hydrogen) atoms. The largest absolute Gasteiger partial charge is 0.472 e. The van der Waals surface area contributed by atoms with Crippen LogP contribution in [0.15, 0.2) is 72.9 Å². The molecule has 6 N–H and O–H groups in total. The molecule has 13 nitrogen and oxygen atoms in total. The molecule has 0 spiro atoms. The highest BCUT2D eigenvalue weighted by Gasteiger charge is 2.51. The predicted octanol–water partition coefficient (Wildman–Crippen LogP) is 9.89. The summed E-state index contributed by atoms with van der Waals surface area (Å²) in [6, 6.07) is 0. The summed E-state index contributed by atoms with van der Waals surface area (Å²) >= 11 is 0. The van der Waals surface area contributed by atoms with Crippen molar-refractivity contribution in [1.82, 2.24) is 0 Å². The molecule has 8 atom stereocenters. The van der Waals surface area contributed by atoms with Crippen molar-refractivity contribution in [2.24, 2.45) is 0 Å². The molecule has 0 bridgehead atoms. The van der Waals surface area contributed by atoms with Crippen LogP contribution in [0, 0.1) is 0 Å². The quantitative estimate of drug-likeness (QED) is 0.0147. The number of ether oxygens (including phenoxy) is 2. The maximum absolute atomic E-state index is 12.8. The van der Waals surface area contributed by atoms with Crippen LogP contribution >= 0.6 is 7.82 Å². The van der Waals surface area contributed by atoms with Gasteiger partial charge in [-0.15, -0.1) is 0 Å². The first-order valence-corrected chi connectivity index (χ1v) is 25.7. The number of phosphoric acid groups is 1. The Kier molecular flexibility index (Phi) is 36.6. The normalized spacial score (nSPS) is 22.2. The minimum atomic E-state index is -5.14. The van der Waals surface area contributed by atoms with E-state index in [0.29, 0.717) is 19.3 Å². The van der Waals surface area contributed by atoms with E-state index in [4.69, 9.17) is 18.5 Å². The van der Waals surface area contributed by atoms with Crippen molar-refractivity contribution in [3.8, 4) is 0 Å². The monoisotopic (exact) mass is 925 g/mol. The van der Waals surface area contributed by atoms with Gasteiger partial charge in [-0.25, -0.2) is 4.57 Å². The van der Waals surface area contributed by atoms with Crippen LogP contribution in [0.1, 0.15) is 174 Å². The summed E-state index contributed by atoms with van der Waals surface area (Å²) in [5.41, 5.74) is 0. The van der Waals surface area contributed by atoms with Crippen molar-refractivity contribution < 1.29 is 63.1 Å². The molecule has 0 aromatic carbocycles. The molecule has 1 aliphatic carbocycles. The fraction of sp³-hybridized carbons (Fsp3) is 0.720. The van der Waals surface area contributed by atoms with Crippen LogP contribution in [0.25, 0.3) is 0 Å². The van der Waals surface area contributed by atoms with Gasteiger partial charge in [0.15, 0.2) is 6.10 Å². The number of aliphatic hydroxyl groups is 5. The van der Waals surface area contributed by atoms with E-state index in [1.807, 2.05) is 12.2 Å². The Bertz CT molecular complexity index is 1390. The standard InChI is InChI=1S/C50H85O13P/c1-3-5-7-9-11-13-15-17-19-20-21-22-23-24-25-27-28-30-32-34-36-38-43(51)60-40-42(41-61-64(58,59)63-50-48(56)46(54)45(53)47(55)49(50)57)62-44(52)39-37-35-33-31-29-26-18-16-14-12-10-8-6-4-2/h10,12,16,18-20,22-23,25,27,30,32,42,45-50,53-57H,3-9,11,13-15,17,21,24,26,28-29,31,33-41H2,1-2H3,(H,58,59)/b12-10+,18-16+,20-19+,23-22+,27-25+,32-30+/t42-,45?,46-,47?,48?,49?,50?/m0/s1. The highest BCUT2D eigenvalue weighted by Crippen LogP contribution is 2.47. The Morgan fingerprint density at radius 2 is 0.875 bits per heavy atom. The van der Waals surface area contributed by atoms with E-state index in [1.54, 1.807) is 0 Å². The number of hydrogen-bond donors (Lipinski definition) is 6. The first-order valence-electron chi connectivity index (χ1n) is 24.2. The number of phosphoric ester groups is 1. The Morgan fingerprint density at radius 1 is 0.484 bits per heavy atom. The number of carbonyl (C=O) groups is 2. The number of unbranched alkanes of at least 4 members (excludes halogenated alkanes) is 15. The first-order chi connectivity index (χ1) is 30.9. The zero-order valence-electron chi connectivity index (χ0n) is 39.0. The summed E-state index contributed by atoms with van der Waals surface area (Å²) in [7, 11) is -5.14.